The first-order valence-corrected chi connectivity index (χ1v) is 10.2. The van der Waals surface area contributed by atoms with Gasteiger partial charge >= 0.3 is 0 Å². The van der Waals surface area contributed by atoms with Crippen molar-refractivity contribution in [2.75, 3.05) is 0 Å². The maximum Gasteiger partial charge on any atom is 0.272 e. The second-order valence-electron chi connectivity index (χ2n) is 6.72. The molecule has 0 radical (unpaired) electrons. The van der Waals surface area contributed by atoms with Crippen LogP contribution in [0.2, 0.25) is 15.1 Å². The van der Waals surface area contributed by atoms with Crippen LogP contribution in [0.15, 0.2) is 59.7 Å². The maximum absolute atomic E-state index is 12.2. The Labute approximate surface area is 190 Å². The second kappa shape index (κ2) is 9.98. The average Bonchev–Trinajstić information content (AvgIpc) is 2.68. The number of hydrogen-bond donors (Lipinski definition) is 1. The standard InChI is InChI=1S/C23H19Cl3N2O2/c1-14-9-17(12-27-28-23(29)20-8-7-19(25)11-21(20)26)10-15(2)22(14)30-13-16-3-5-18(24)6-4-16/h3-12H,13H2,1-2H3,(H,28,29)/b27-12-. The SMILES string of the molecule is Cc1cc(/C=N\NC(=O)c2ccc(Cl)cc2Cl)cc(C)c1OCc1ccc(Cl)cc1. The number of nitrogens with one attached hydrogen (secondary N) is 1. The molecule has 7 heteroatoms. The van der Waals surface area contributed by atoms with Gasteiger partial charge in [0.1, 0.15) is 12.4 Å². The minimum atomic E-state index is -0.413. The fraction of sp³-hybridized carbons (Fsp3) is 0.130. The van der Waals surface area contributed by atoms with E-state index in [-0.39, 0.29) is 5.02 Å². The number of benzene rings is 3. The highest BCUT2D eigenvalue weighted by Crippen LogP contribution is 2.26. The van der Waals surface area contributed by atoms with Crippen LogP contribution in [0.5, 0.6) is 5.75 Å². The highest BCUT2D eigenvalue weighted by molar-refractivity contribution is 6.36. The first-order chi connectivity index (χ1) is 14.3. The van der Waals surface area contributed by atoms with Crippen molar-refractivity contribution in [3.8, 4) is 5.75 Å². The molecule has 1 amide bonds. The zero-order chi connectivity index (χ0) is 21.7. The number of hydrazone groups is 1. The molecule has 3 aromatic carbocycles. The van der Waals surface area contributed by atoms with E-state index < -0.39 is 5.91 Å². The van der Waals surface area contributed by atoms with Crippen molar-refractivity contribution in [2.45, 2.75) is 20.5 Å². The summed E-state index contributed by atoms with van der Waals surface area (Å²) in [5.74, 6) is 0.406. The quantitative estimate of drug-likeness (QED) is 0.332. The predicted molar refractivity (Wildman–Crippen MR) is 123 cm³/mol. The van der Waals surface area contributed by atoms with Gasteiger partial charge in [0.2, 0.25) is 0 Å². The van der Waals surface area contributed by atoms with Gasteiger partial charge in [0.25, 0.3) is 5.91 Å². The van der Waals surface area contributed by atoms with E-state index in [1.165, 1.54) is 6.07 Å². The largest absolute Gasteiger partial charge is 0.488 e. The Kier molecular flexibility index (Phi) is 7.38. The first-order valence-electron chi connectivity index (χ1n) is 9.10. The van der Waals surface area contributed by atoms with Gasteiger partial charge in [-0.15, -0.1) is 0 Å². The zero-order valence-corrected chi connectivity index (χ0v) is 18.6. The van der Waals surface area contributed by atoms with Gasteiger partial charge in [-0.05, 0) is 78.6 Å². The molecule has 0 bridgehead atoms. The Bertz CT molecular complexity index is 1070. The lowest BCUT2D eigenvalue weighted by atomic mass is 10.1. The summed E-state index contributed by atoms with van der Waals surface area (Å²) < 4.78 is 5.99. The van der Waals surface area contributed by atoms with E-state index in [9.17, 15) is 4.79 Å². The van der Waals surface area contributed by atoms with Gasteiger partial charge in [-0.25, -0.2) is 5.43 Å². The number of nitrogens with zero attached hydrogens (tertiary/aromatic N) is 1. The van der Waals surface area contributed by atoms with Crippen LogP contribution >= 0.6 is 34.8 Å². The van der Waals surface area contributed by atoms with E-state index in [0.717, 1.165) is 28.0 Å². The molecule has 154 valence electrons. The molecule has 3 aromatic rings. The first kappa shape index (κ1) is 22.2. The number of carbonyl (C=O) groups is 1. The Morgan fingerprint density at radius 2 is 1.60 bits per heavy atom. The summed E-state index contributed by atoms with van der Waals surface area (Å²) in [5, 5.41) is 5.45. The molecule has 0 atom stereocenters. The van der Waals surface area contributed by atoms with Gasteiger partial charge < -0.3 is 4.74 Å². The number of rotatable bonds is 6. The summed E-state index contributed by atoms with van der Waals surface area (Å²) in [4.78, 5) is 12.2. The molecule has 0 saturated heterocycles. The van der Waals surface area contributed by atoms with Crippen molar-refractivity contribution >= 4 is 46.9 Å². The van der Waals surface area contributed by atoms with Crippen LogP contribution in [0, 0.1) is 13.8 Å². The summed E-state index contributed by atoms with van der Waals surface area (Å²) in [6.45, 7) is 4.38. The number of ether oxygens (including phenoxy) is 1. The Morgan fingerprint density at radius 3 is 2.23 bits per heavy atom. The van der Waals surface area contributed by atoms with Crippen molar-refractivity contribution < 1.29 is 9.53 Å². The van der Waals surface area contributed by atoms with Gasteiger partial charge in [0, 0.05) is 10.0 Å². The fourth-order valence-electron chi connectivity index (χ4n) is 2.92. The molecule has 0 unspecified atom stereocenters. The minimum absolute atomic E-state index is 0.268. The molecule has 0 aliphatic carbocycles. The van der Waals surface area contributed by atoms with Crippen molar-refractivity contribution in [1.29, 1.82) is 0 Å². The smallest absolute Gasteiger partial charge is 0.272 e. The Morgan fingerprint density at radius 1 is 0.967 bits per heavy atom. The van der Waals surface area contributed by atoms with Gasteiger partial charge in [0.05, 0.1) is 16.8 Å². The third-order valence-electron chi connectivity index (χ3n) is 4.33. The van der Waals surface area contributed by atoms with E-state index in [4.69, 9.17) is 39.5 Å². The van der Waals surface area contributed by atoms with Crippen LogP contribution in [0.4, 0.5) is 0 Å². The molecular formula is C23H19Cl3N2O2. The molecule has 0 fully saturated rings. The van der Waals surface area contributed by atoms with Gasteiger partial charge in [-0.1, -0.05) is 46.9 Å². The zero-order valence-electron chi connectivity index (χ0n) is 16.4. The van der Waals surface area contributed by atoms with Crippen LogP contribution in [-0.2, 0) is 6.61 Å². The van der Waals surface area contributed by atoms with Crippen molar-refractivity contribution in [2.24, 2.45) is 5.10 Å². The van der Waals surface area contributed by atoms with E-state index in [1.807, 2.05) is 50.2 Å². The second-order valence-corrected chi connectivity index (χ2v) is 8.00. The summed E-state index contributed by atoms with van der Waals surface area (Å²) in [7, 11) is 0. The lowest BCUT2D eigenvalue weighted by Gasteiger charge is -2.13. The summed E-state index contributed by atoms with van der Waals surface area (Å²) in [6, 6.07) is 16.1. The lowest BCUT2D eigenvalue weighted by Crippen LogP contribution is -2.18. The maximum atomic E-state index is 12.2. The molecule has 0 saturated carbocycles. The monoisotopic (exact) mass is 460 g/mol. The molecule has 1 N–H and O–H groups in total. The molecule has 4 nitrogen and oxygen atoms in total. The van der Waals surface area contributed by atoms with Crippen molar-refractivity contribution in [3.05, 3.63) is 97.5 Å². The van der Waals surface area contributed by atoms with Crippen LogP contribution in [0.25, 0.3) is 0 Å². The Hall–Kier alpha value is -2.53. The third-order valence-corrected chi connectivity index (χ3v) is 5.13. The number of aryl methyl sites for hydroxylation is 2. The molecule has 3 rings (SSSR count). The predicted octanol–water partition coefficient (Wildman–Crippen LogP) is 6.61. The topological polar surface area (TPSA) is 50.7 Å². The molecule has 0 aromatic heterocycles. The molecule has 0 aliphatic heterocycles. The molecular weight excluding hydrogens is 443 g/mol. The molecule has 0 heterocycles. The van der Waals surface area contributed by atoms with Gasteiger partial charge in [0.15, 0.2) is 0 Å². The number of amides is 1. The fourth-order valence-corrected chi connectivity index (χ4v) is 3.54. The molecule has 0 aliphatic rings. The number of hydrogen-bond acceptors (Lipinski definition) is 3. The van der Waals surface area contributed by atoms with Crippen LogP contribution < -0.4 is 10.2 Å². The molecule has 30 heavy (non-hydrogen) atoms. The van der Waals surface area contributed by atoms with Crippen LogP contribution in [0.1, 0.15) is 32.6 Å². The summed E-state index contributed by atoms with van der Waals surface area (Å²) in [6.07, 6.45) is 1.57. The van der Waals surface area contributed by atoms with Crippen molar-refractivity contribution in [3.63, 3.8) is 0 Å². The van der Waals surface area contributed by atoms with Gasteiger partial charge in [-0.2, -0.15) is 5.10 Å². The highest BCUT2D eigenvalue weighted by Gasteiger charge is 2.10. The number of carbonyl (C=O) groups excluding carboxylic acids is 1. The third kappa shape index (κ3) is 5.76. The normalized spacial score (nSPS) is 11.0. The minimum Gasteiger partial charge on any atom is -0.488 e. The van der Waals surface area contributed by atoms with Crippen LogP contribution in [-0.4, -0.2) is 12.1 Å². The van der Waals surface area contributed by atoms with Crippen LogP contribution in [0.3, 0.4) is 0 Å². The lowest BCUT2D eigenvalue weighted by molar-refractivity contribution is 0.0955. The van der Waals surface area contributed by atoms with E-state index >= 15 is 0 Å². The van der Waals surface area contributed by atoms with Crippen molar-refractivity contribution in [1.82, 2.24) is 5.43 Å². The highest BCUT2D eigenvalue weighted by atomic mass is 35.5. The number of halogens is 3. The summed E-state index contributed by atoms with van der Waals surface area (Å²) in [5.41, 5.74) is 6.59. The van der Waals surface area contributed by atoms with Gasteiger partial charge in [-0.3, -0.25) is 4.79 Å². The van der Waals surface area contributed by atoms with E-state index in [0.29, 0.717) is 22.2 Å². The van der Waals surface area contributed by atoms with E-state index in [2.05, 4.69) is 10.5 Å². The van der Waals surface area contributed by atoms with E-state index in [1.54, 1.807) is 18.3 Å². The summed E-state index contributed by atoms with van der Waals surface area (Å²) >= 11 is 17.8. The Balaban J connectivity index is 1.65. The average molecular weight is 462 g/mol. The molecule has 0 spiro atoms.